The molecule has 1 aromatic carbocycles. The van der Waals surface area contributed by atoms with Crippen LogP contribution in [-0.2, 0) is 0 Å². The third-order valence-corrected chi connectivity index (χ3v) is 3.53. The van der Waals surface area contributed by atoms with E-state index in [1.165, 1.54) is 14.0 Å². The topological polar surface area (TPSA) is 59.1 Å². The fraction of sp³-hybridized carbons (Fsp3) is 0.467. The third kappa shape index (κ3) is 3.72. The maximum Gasteiger partial charge on any atom is 0.415 e. The van der Waals surface area contributed by atoms with Crippen LogP contribution in [-0.4, -0.2) is 62.0 Å². The number of piperazine rings is 1. The molecule has 0 aromatic heterocycles. The van der Waals surface area contributed by atoms with Crippen molar-refractivity contribution in [3.8, 4) is 11.5 Å². The van der Waals surface area contributed by atoms with Gasteiger partial charge in [-0.2, -0.15) is 0 Å². The highest BCUT2D eigenvalue weighted by Crippen LogP contribution is 2.28. The number of carbonyl (C=O) groups excluding carboxylic acids is 2. The van der Waals surface area contributed by atoms with E-state index in [0.717, 1.165) is 13.1 Å². The van der Waals surface area contributed by atoms with Gasteiger partial charge in [-0.05, 0) is 32.2 Å². The molecule has 0 radical (unpaired) electrons. The Morgan fingerprint density at radius 3 is 2.33 bits per heavy atom. The molecule has 1 aliphatic rings. The number of rotatable bonds is 3. The van der Waals surface area contributed by atoms with E-state index in [1.807, 2.05) is 7.05 Å². The normalized spacial score (nSPS) is 15.7. The van der Waals surface area contributed by atoms with E-state index in [1.54, 1.807) is 23.1 Å². The molecule has 6 heteroatoms. The standard InChI is InChI=1S/C15H20N2O4/c1-11(18)12-4-5-13(14(10-12)20-3)21-15(19)17-8-6-16(2)7-9-17/h4-5,10H,6-9H2,1-3H3. The molecular formula is C15H20N2O4. The van der Waals surface area contributed by atoms with Crippen molar-refractivity contribution >= 4 is 11.9 Å². The number of methoxy groups -OCH3 is 1. The second kappa shape index (κ2) is 6.58. The Bertz CT molecular complexity index is 536. The number of likely N-dealkylation sites (N-methyl/N-ethyl adjacent to an activating group) is 1. The van der Waals surface area contributed by atoms with E-state index in [9.17, 15) is 9.59 Å². The molecule has 2 rings (SSSR count). The number of carbonyl (C=O) groups is 2. The molecule has 1 fully saturated rings. The van der Waals surface area contributed by atoms with Crippen LogP contribution in [0.2, 0.25) is 0 Å². The van der Waals surface area contributed by atoms with E-state index < -0.39 is 6.09 Å². The molecular weight excluding hydrogens is 272 g/mol. The van der Waals surface area contributed by atoms with Crippen molar-refractivity contribution < 1.29 is 19.1 Å². The van der Waals surface area contributed by atoms with Crippen LogP contribution < -0.4 is 9.47 Å². The van der Waals surface area contributed by atoms with Gasteiger partial charge in [0.05, 0.1) is 7.11 Å². The highest BCUT2D eigenvalue weighted by Gasteiger charge is 2.22. The molecule has 1 saturated heterocycles. The number of amides is 1. The molecule has 0 bridgehead atoms. The molecule has 0 aliphatic carbocycles. The van der Waals surface area contributed by atoms with Gasteiger partial charge in [-0.25, -0.2) is 4.79 Å². The second-order valence-corrected chi connectivity index (χ2v) is 5.08. The van der Waals surface area contributed by atoms with Gasteiger partial charge in [0, 0.05) is 31.7 Å². The average molecular weight is 292 g/mol. The van der Waals surface area contributed by atoms with Gasteiger partial charge in [0.2, 0.25) is 0 Å². The van der Waals surface area contributed by atoms with Crippen molar-refractivity contribution in [3.63, 3.8) is 0 Å². The van der Waals surface area contributed by atoms with Gasteiger partial charge in [-0.15, -0.1) is 0 Å². The minimum Gasteiger partial charge on any atom is -0.493 e. The summed E-state index contributed by atoms with van der Waals surface area (Å²) in [5.41, 5.74) is 0.520. The van der Waals surface area contributed by atoms with Crippen LogP contribution in [0, 0.1) is 0 Å². The summed E-state index contributed by atoms with van der Waals surface area (Å²) in [4.78, 5) is 27.3. The van der Waals surface area contributed by atoms with Crippen molar-refractivity contribution in [2.45, 2.75) is 6.92 Å². The smallest absolute Gasteiger partial charge is 0.415 e. The number of hydrogen-bond donors (Lipinski definition) is 0. The third-order valence-electron chi connectivity index (χ3n) is 3.53. The number of benzene rings is 1. The maximum absolute atomic E-state index is 12.1. The van der Waals surface area contributed by atoms with Gasteiger partial charge in [-0.1, -0.05) is 0 Å². The molecule has 1 heterocycles. The quantitative estimate of drug-likeness (QED) is 0.793. The van der Waals surface area contributed by atoms with Crippen LogP contribution in [0.5, 0.6) is 11.5 Å². The van der Waals surface area contributed by atoms with E-state index in [0.29, 0.717) is 30.2 Å². The van der Waals surface area contributed by atoms with E-state index >= 15 is 0 Å². The minimum atomic E-state index is -0.392. The SMILES string of the molecule is COc1cc(C(C)=O)ccc1OC(=O)N1CCN(C)CC1. The molecule has 0 spiro atoms. The molecule has 6 nitrogen and oxygen atoms in total. The fourth-order valence-corrected chi connectivity index (χ4v) is 2.12. The number of ether oxygens (including phenoxy) is 2. The summed E-state index contributed by atoms with van der Waals surface area (Å²) >= 11 is 0. The van der Waals surface area contributed by atoms with E-state index in [-0.39, 0.29) is 5.78 Å². The second-order valence-electron chi connectivity index (χ2n) is 5.08. The van der Waals surface area contributed by atoms with Crippen LogP contribution in [0.4, 0.5) is 4.79 Å². The van der Waals surface area contributed by atoms with Crippen LogP contribution in [0.3, 0.4) is 0 Å². The molecule has 1 aromatic rings. The van der Waals surface area contributed by atoms with Gasteiger partial charge in [0.15, 0.2) is 17.3 Å². The van der Waals surface area contributed by atoms with Crippen LogP contribution in [0.1, 0.15) is 17.3 Å². The van der Waals surface area contributed by atoms with Crippen molar-refractivity contribution in [3.05, 3.63) is 23.8 Å². The highest BCUT2D eigenvalue weighted by atomic mass is 16.6. The average Bonchev–Trinajstić information content (AvgIpc) is 2.48. The van der Waals surface area contributed by atoms with Crippen molar-refractivity contribution in [1.82, 2.24) is 9.80 Å². The lowest BCUT2D eigenvalue weighted by atomic mass is 10.1. The molecule has 0 unspecified atom stereocenters. The van der Waals surface area contributed by atoms with Gasteiger partial charge in [0.25, 0.3) is 0 Å². The van der Waals surface area contributed by atoms with Crippen LogP contribution >= 0.6 is 0 Å². The molecule has 114 valence electrons. The Morgan fingerprint density at radius 1 is 1.10 bits per heavy atom. The Labute approximate surface area is 124 Å². The lowest BCUT2D eigenvalue weighted by Gasteiger charge is -2.31. The Hall–Kier alpha value is -2.08. The molecule has 21 heavy (non-hydrogen) atoms. The van der Waals surface area contributed by atoms with Crippen molar-refractivity contribution in [2.75, 3.05) is 40.3 Å². The minimum absolute atomic E-state index is 0.0646. The largest absolute Gasteiger partial charge is 0.493 e. The van der Waals surface area contributed by atoms with Gasteiger partial charge in [0.1, 0.15) is 0 Å². The van der Waals surface area contributed by atoms with Gasteiger partial charge < -0.3 is 19.3 Å². The Morgan fingerprint density at radius 2 is 1.76 bits per heavy atom. The first-order valence-electron chi connectivity index (χ1n) is 6.85. The first-order chi connectivity index (χ1) is 10.0. The van der Waals surface area contributed by atoms with E-state index in [4.69, 9.17) is 9.47 Å². The molecule has 0 atom stereocenters. The van der Waals surface area contributed by atoms with Gasteiger partial charge >= 0.3 is 6.09 Å². The lowest BCUT2D eigenvalue weighted by molar-refractivity contribution is 0.101. The Kier molecular flexibility index (Phi) is 4.80. The predicted octanol–water partition coefficient (Wildman–Crippen LogP) is 1.64. The summed E-state index contributed by atoms with van der Waals surface area (Å²) in [6.45, 7) is 4.42. The van der Waals surface area contributed by atoms with Gasteiger partial charge in [-0.3, -0.25) is 4.79 Å². The van der Waals surface area contributed by atoms with Crippen molar-refractivity contribution in [1.29, 1.82) is 0 Å². The summed E-state index contributed by atoms with van der Waals surface area (Å²) in [6.07, 6.45) is -0.392. The first-order valence-corrected chi connectivity index (χ1v) is 6.85. The summed E-state index contributed by atoms with van der Waals surface area (Å²) in [5, 5.41) is 0. The highest BCUT2D eigenvalue weighted by molar-refractivity contribution is 5.94. The number of Topliss-reactive ketones (excluding diaryl/α,β-unsaturated/α-hetero) is 1. The molecule has 1 amide bonds. The zero-order valence-electron chi connectivity index (χ0n) is 12.6. The zero-order chi connectivity index (χ0) is 15.4. The predicted molar refractivity (Wildman–Crippen MR) is 78.1 cm³/mol. The maximum atomic E-state index is 12.1. The number of ketones is 1. The first kappa shape index (κ1) is 15.3. The summed E-state index contributed by atoms with van der Waals surface area (Å²) in [7, 11) is 3.50. The molecule has 0 saturated carbocycles. The van der Waals surface area contributed by atoms with E-state index in [2.05, 4.69) is 4.90 Å². The van der Waals surface area contributed by atoms with Crippen LogP contribution in [0.15, 0.2) is 18.2 Å². The zero-order valence-corrected chi connectivity index (χ0v) is 12.6. The lowest BCUT2D eigenvalue weighted by Crippen LogP contribution is -2.48. The Balaban J connectivity index is 2.08. The molecule has 0 N–H and O–H groups in total. The summed E-state index contributed by atoms with van der Waals surface area (Å²) < 4.78 is 10.6. The number of nitrogens with zero attached hydrogens (tertiary/aromatic N) is 2. The van der Waals surface area contributed by atoms with Crippen LogP contribution in [0.25, 0.3) is 0 Å². The summed E-state index contributed by atoms with van der Waals surface area (Å²) in [5.74, 6) is 0.641. The fourth-order valence-electron chi connectivity index (χ4n) is 2.12. The monoisotopic (exact) mass is 292 g/mol. The van der Waals surface area contributed by atoms with Crippen molar-refractivity contribution in [2.24, 2.45) is 0 Å². The molecule has 1 aliphatic heterocycles. The number of hydrogen-bond acceptors (Lipinski definition) is 5. The summed E-state index contributed by atoms with van der Waals surface area (Å²) in [6, 6.07) is 4.79.